The van der Waals surface area contributed by atoms with Gasteiger partial charge in [-0.25, -0.2) is 4.98 Å². The van der Waals surface area contributed by atoms with Gasteiger partial charge in [-0.3, -0.25) is 0 Å². The highest BCUT2D eigenvalue weighted by Gasteiger charge is 2.11. The number of hydrogen-bond donors (Lipinski definition) is 0. The molecule has 0 N–H and O–H groups in total. The van der Waals surface area contributed by atoms with E-state index in [4.69, 9.17) is 9.15 Å². The van der Waals surface area contributed by atoms with Crippen LogP contribution in [0.1, 0.15) is 36.8 Å². The average molecular weight is 335 g/mol. The molecule has 0 unspecified atom stereocenters. The van der Waals surface area contributed by atoms with Crippen LogP contribution in [0.5, 0.6) is 0 Å². The van der Waals surface area contributed by atoms with Crippen LogP contribution in [0.4, 0.5) is 0 Å². The topological polar surface area (TPSA) is 35.3 Å². The van der Waals surface area contributed by atoms with Crippen molar-refractivity contribution < 1.29 is 9.15 Å². The highest BCUT2D eigenvalue weighted by Crippen LogP contribution is 2.23. The number of oxazole rings is 1. The summed E-state index contributed by atoms with van der Waals surface area (Å²) < 4.78 is 11.8. The quantitative estimate of drug-likeness (QED) is 0.679. The maximum Gasteiger partial charge on any atom is 0.226 e. The monoisotopic (exact) mass is 335 g/mol. The lowest BCUT2D eigenvalue weighted by Crippen LogP contribution is -1.99. The molecular weight excluding hydrogens is 310 g/mol. The van der Waals surface area contributed by atoms with Crippen LogP contribution in [0.25, 0.3) is 11.5 Å². The molecule has 130 valence electrons. The molecule has 1 heterocycles. The normalized spacial score (nSPS) is 14.0. The van der Waals surface area contributed by atoms with Gasteiger partial charge in [0.15, 0.2) is 0 Å². The molecule has 0 atom stereocenters. The molecule has 1 aliphatic carbocycles. The third kappa shape index (κ3) is 4.50. The molecule has 0 amide bonds. The third-order valence-electron chi connectivity index (χ3n) is 4.33. The smallest absolute Gasteiger partial charge is 0.226 e. The first-order valence-corrected chi connectivity index (χ1v) is 8.89. The van der Waals surface area contributed by atoms with Crippen molar-refractivity contribution >= 4 is 0 Å². The minimum atomic E-state index is 0.591. The van der Waals surface area contributed by atoms with E-state index in [0.29, 0.717) is 12.5 Å². The van der Waals surface area contributed by atoms with E-state index in [9.17, 15) is 0 Å². The first kappa shape index (κ1) is 17.3. The minimum Gasteiger partial charge on any atom is -0.493 e. The van der Waals surface area contributed by atoms with Gasteiger partial charge in [0.1, 0.15) is 11.5 Å². The van der Waals surface area contributed by atoms with E-state index in [-0.39, 0.29) is 0 Å². The molecule has 25 heavy (non-hydrogen) atoms. The van der Waals surface area contributed by atoms with Gasteiger partial charge in [-0.2, -0.15) is 0 Å². The molecule has 1 aromatic carbocycles. The maximum atomic E-state index is 5.94. The van der Waals surface area contributed by atoms with Crippen LogP contribution in [0, 0.1) is 13.8 Å². The number of rotatable bonds is 6. The summed E-state index contributed by atoms with van der Waals surface area (Å²) in [6.45, 7) is 6.79. The van der Waals surface area contributed by atoms with Gasteiger partial charge in [0.2, 0.25) is 5.89 Å². The Morgan fingerprint density at radius 1 is 1.16 bits per heavy atom. The molecule has 0 spiro atoms. The number of benzene rings is 1. The summed E-state index contributed by atoms with van der Waals surface area (Å²) in [6, 6.07) is 8.23. The van der Waals surface area contributed by atoms with Crippen LogP contribution in [-0.2, 0) is 11.2 Å². The Kier molecular flexibility index (Phi) is 5.54. The summed E-state index contributed by atoms with van der Waals surface area (Å²) in [5.41, 5.74) is 4.51. The van der Waals surface area contributed by atoms with E-state index < -0.39 is 0 Å². The van der Waals surface area contributed by atoms with Gasteiger partial charge < -0.3 is 9.15 Å². The van der Waals surface area contributed by atoms with Crippen molar-refractivity contribution in [1.29, 1.82) is 0 Å². The molecule has 3 nitrogen and oxygen atoms in total. The summed E-state index contributed by atoms with van der Waals surface area (Å²) in [5.74, 6) is 2.46. The Bertz CT molecular complexity index is 807. The number of ether oxygens (including phenoxy) is 1. The van der Waals surface area contributed by atoms with Gasteiger partial charge >= 0.3 is 0 Å². The Hall–Kier alpha value is -2.55. The predicted molar refractivity (Wildman–Crippen MR) is 101 cm³/mol. The van der Waals surface area contributed by atoms with E-state index in [1.807, 2.05) is 25.1 Å². The fraction of sp³-hybridized carbons (Fsp3) is 0.318. The van der Waals surface area contributed by atoms with Gasteiger partial charge in [0.05, 0.1) is 12.3 Å². The van der Waals surface area contributed by atoms with Crippen molar-refractivity contribution in [2.45, 2.75) is 40.0 Å². The average Bonchev–Trinajstić information content (AvgIpc) is 2.83. The van der Waals surface area contributed by atoms with Crippen molar-refractivity contribution in [1.82, 2.24) is 4.98 Å². The second-order valence-electron chi connectivity index (χ2n) is 6.30. The highest BCUT2D eigenvalue weighted by molar-refractivity contribution is 5.54. The van der Waals surface area contributed by atoms with Crippen molar-refractivity contribution in [3.63, 3.8) is 0 Å². The molecule has 3 heteroatoms. The molecule has 0 radical (unpaired) electrons. The Morgan fingerprint density at radius 2 is 1.96 bits per heavy atom. The predicted octanol–water partition coefficient (Wildman–Crippen LogP) is 5.70. The van der Waals surface area contributed by atoms with Gasteiger partial charge in [0, 0.05) is 12.0 Å². The van der Waals surface area contributed by atoms with Crippen molar-refractivity contribution in [2.24, 2.45) is 0 Å². The van der Waals surface area contributed by atoms with Gasteiger partial charge in [0.25, 0.3) is 0 Å². The molecule has 1 aromatic heterocycles. The summed E-state index contributed by atoms with van der Waals surface area (Å²) in [5, 5.41) is 0. The second-order valence-corrected chi connectivity index (χ2v) is 6.30. The van der Waals surface area contributed by atoms with Crippen molar-refractivity contribution in [3.05, 3.63) is 76.9 Å². The fourth-order valence-electron chi connectivity index (χ4n) is 2.77. The van der Waals surface area contributed by atoms with Crippen LogP contribution < -0.4 is 0 Å². The summed E-state index contributed by atoms with van der Waals surface area (Å²) >= 11 is 0. The zero-order valence-corrected chi connectivity index (χ0v) is 15.2. The number of hydrogen-bond acceptors (Lipinski definition) is 3. The molecule has 0 bridgehead atoms. The number of aromatic nitrogens is 1. The van der Waals surface area contributed by atoms with Crippen LogP contribution in [-0.4, -0.2) is 11.6 Å². The van der Waals surface area contributed by atoms with Crippen LogP contribution in [0.3, 0.4) is 0 Å². The summed E-state index contributed by atoms with van der Waals surface area (Å²) in [7, 11) is 0. The van der Waals surface area contributed by atoms with Crippen LogP contribution in [0.15, 0.2) is 64.3 Å². The number of allylic oxidation sites excluding steroid dienone is 5. The van der Waals surface area contributed by atoms with Gasteiger partial charge in [-0.15, -0.1) is 0 Å². The van der Waals surface area contributed by atoms with Crippen molar-refractivity contribution in [3.8, 4) is 11.5 Å². The van der Waals surface area contributed by atoms with Crippen LogP contribution in [0.2, 0.25) is 0 Å². The lowest BCUT2D eigenvalue weighted by Gasteiger charge is -2.06. The molecule has 0 aliphatic heterocycles. The van der Waals surface area contributed by atoms with Crippen molar-refractivity contribution in [2.75, 3.05) is 6.61 Å². The zero-order chi connectivity index (χ0) is 17.6. The van der Waals surface area contributed by atoms with Gasteiger partial charge in [-0.1, -0.05) is 36.8 Å². The van der Waals surface area contributed by atoms with E-state index in [0.717, 1.165) is 42.0 Å². The molecule has 0 fully saturated rings. The SMILES string of the molecule is CCC1=CCC=CC(OCCc2nc(-c3ccc(C)cc3)oc2C)=C1. The first-order chi connectivity index (χ1) is 12.2. The third-order valence-corrected chi connectivity index (χ3v) is 4.33. The molecule has 0 saturated heterocycles. The molecule has 3 rings (SSSR count). The summed E-state index contributed by atoms with van der Waals surface area (Å²) in [6.07, 6.45) is 11.3. The molecule has 1 aliphatic rings. The van der Waals surface area contributed by atoms with E-state index in [1.54, 1.807) is 0 Å². The lowest BCUT2D eigenvalue weighted by molar-refractivity contribution is 0.227. The minimum absolute atomic E-state index is 0.591. The van der Waals surface area contributed by atoms with Gasteiger partial charge in [-0.05, 0) is 56.5 Å². The first-order valence-electron chi connectivity index (χ1n) is 8.89. The summed E-state index contributed by atoms with van der Waals surface area (Å²) in [4.78, 5) is 4.65. The van der Waals surface area contributed by atoms with E-state index in [1.165, 1.54) is 11.1 Å². The van der Waals surface area contributed by atoms with E-state index in [2.05, 4.69) is 49.2 Å². The number of aryl methyl sites for hydroxylation is 2. The molecule has 2 aromatic rings. The largest absolute Gasteiger partial charge is 0.493 e. The Labute approximate surface area is 149 Å². The molecular formula is C22H25NO2. The van der Waals surface area contributed by atoms with Crippen LogP contribution >= 0.6 is 0 Å². The standard InChI is InChI=1S/C22H25NO2/c1-4-18-7-5-6-8-20(15-18)24-14-13-21-17(3)25-22(23-21)19-11-9-16(2)10-12-19/h6-12,15H,4-5,13-14H2,1-3H3. The van der Waals surface area contributed by atoms with E-state index >= 15 is 0 Å². The molecule has 0 saturated carbocycles. The lowest BCUT2D eigenvalue weighted by atomic mass is 10.1. The Balaban J connectivity index is 1.63. The second kappa shape index (κ2) is 8.02. The Morgan fingerprint density at radius 3 is 2.72 bits per heavy atom. The fourth-order valence-corrected chi connectivity index (χ4v) is 2.77. The number of nitrogens with zero attached hydrogens (tertiary/aromatic N) is 1. The highest BCUT2D eigenvalue weighted by atomic mass is 16.5. The maximum absolute atomic E-state index is 5.94. The zero-order valence-electron chi connectivity index (χ0n) is 15.2.